The fraction of sp³-hybridized carbons (Fsp3) is 0.250. The molecule has 0 saturated heterocycles. The molecule has 26 heavy (non-hydrogen) atoms. The average Bonchev–Trinajstić information content (AvgIpc) is 3.32. The summed E-state index contributed by atoms with van der Waals surface area (Å²) < 4.78 is 7.36. The molecule has 0 saturated carbocycles. The number of nitrogens with zero attached hydrogens (tertiary/aromatic N) is 3. The predicted molar refractivity (Wildman–Crippen MR) is 95.7 cm³/mol. The molecule has 0 unspecified atom stereocenters. The molecule has 1 aliphatic heterocycles. The van der Waals surface area contributed by atoms with Gasteiger partial charge in [0.15, 0.2) is 5.78 Å². The molecular formula is C20H18N4O2. The molecule has 0 bridgehead atoms. The van der Waals surface area contributed by atoms with Crippen molar-refractivity contribution < 1.29 is 9.21 Å². The van der Waals surface area contributed by atoms with Crippen molar-refractivity contribution in [2.24, 2.45) is 0 Å². The van der Waals surface area contributed by atoms with Crippen molar-refractivity contribution in [3.63, 3.8) is 0 Å². The van der Waals surface area contributed by atoms with Gasteiger partial charge in [0.2, 0.25) is 5.95 Å². The zero-order valence-corrected chi connectivity index (χ0v) is 14.3. The number of carbonyl (C=O) groups excluding carboxylic acids is 1. The van der Waals surface area contributed by atoms with Crippen molar-refractivity contribution in [3.05, 3.63) is 77.1 Å². The Hall–Kier alpha value is -3.15. The predicted octanol–water partition coefficient (Wildman–Crippen LogP) is 3.60. The summed E-state index contributed by atoms with van der Waals surface area (Å²) in [6.45, 7) is 2.06. The maximum Gasteiger partial charge on any atom is 0.226 e. The van der Waals surface area contributed by atoms with Crippen molar-refractivity contribution >= 4 is 11.7 Å². The Morgan fingerprint density at radius 1 is 1.19 bits per heavy atom. The summed E-state index contributed by atoms with van der Waals surface area (Å²) in [5, 5.41) is 7.72. The minimum absolute atomic E-state index is 0.0516. The van der Waals surface area contributed by atoms with E-state index in [9.17, 15) is 4.79 Å². The minimum Gasteiger partial charge on any atom is -0.469 e. The molecule has 0 radical (unpaired) electrons. The third-order valence-corrected chi connectivity index (χ3v) is 5.29. The fourth-order valence-corrected chi connectivity index (χ4v) is 4.06. The van der Waals surface area contributed by atoms with E-state index in [0.29, 0.717) is 12.4 Å². The van der Waals surface area contributed by atoms with E-state index in [4.69, 9.17) is 4.42 Å². The molecule has 2 aliphatic rings. The molecule has 2 aromatic heterocycles. The van der Waals surface area contributed by atoms with Crippen molar-refractivity contribution in [3.8, 4) is 0 Å². The van der Waals surface area contributed by atoms with Crippen molar-refractivity contribution in [1.29, 1.82) is 0 Å². The zero-order valence-electron chi connectivity index (χ0n) is 14.3. The molecule has 6 nitrogen and oxygen atoms in total. The van der Waals surface area contributed by atoms with Gasteiger partial charge in [-0.15, -0.1) is 0 Å². The summed E-state index contributed by atoms with van der Waals surface area (Å²) in [6, 6.07) is 11.7. The zero-order chi connectivity index (χ0) is 17.7. The van der Waals surface area contributed by atoms with Gasteiger partial charge in [-0.2, -0.15) is 10.1 Å². The number of Topliss-reactive ketones (excluding diaryl/α,β-unsaturated/α-hetero) is 1. The highest BCUT2D eigenvalue weighted by Crippen LogP contribution is 2.44. The van der Waals surface area contributed by atoms with Gasteiger partial charge in [-0.1, -0.05) is 24.3 Å². The van der Waals surface area contributed by atoms with Gasteiger partial charge in [0.25, 0.3) is 0 Å². The number of nitrogens with one attached hydrogen (secondary N) is 1. The van der Waals surface area contributed by atoms with Gasteiger partial charge < -0.3 is 9.73 Å². The van der Waals surface area contributed by atoms with E-state index < -0.39 is 0 Å². The molecular weight excluding hydrogens is 328 g/mol. The van der Waals surface area contributed by atoms with Crippen LogP contribution < -0.4 is 5.32 Å². The number of fused-ring (bicyclic) bond motifs is 1. The number of benzene rings is 1. The summed E-state index contributed by atoms with van der Waals surface area (Å²) in [5.74, 6) is 1.71. The van der Waals surface area contributed by atoms with Gasteiger partial charge >= 0.3 is 0 Å². The van der Waals surface area contributed by atoms with Crippen LogP contribution >= 0.6 is 0 Å². The molecule has 0 spiro atoms. The summed E-state index contributed by atoms with van der Waals surface area (Å²) in [5.41, 5.74) is 3.93. The smallest absolute Gasteiger partial charge is 0.226 e. The van der Waals surface area contributed by atoms with E-state index >= 15 is 0 Å². The van der Waals surface area contributed by atoms with Gasteiger partial charge in [0.05, 0.1) is 6.26 Å². The van der Waals surface area contributed by atoms with E-state index in [0.717, 1.165) is 34.6 Å². The Bertz CT molecular complexity index is 1020. The highest BCUT2D eigenvalue weighted by molar-refractivity contribution is 6.00. The Labute approximate surface area is 150 Å². The highest BCUT2D eigenvalue weighted by atomic mass is 16.3. The molecule has 0 amide bonds. The Kier molecular flexibility index (Phi) is 3.31. The van der Waals surface area contributed by atoms with Crippen molar-refractivity contribution in [2.45, 2.75) is 31.7 Å². The lowest BCUT2D eigenvalue weighted by atomic mass is 9.79. The van der Waals surface area contributed by atoms with Gasteiger partial charge in [0, 0.05) is 23.6 Å². The minimum atomic E-state index is -0.241. The first-order chi connectivity index (χ1) is 12.7. The largest absolute Gasteiger partial charge is 0.469 e. The third-order valence-electron chi connectivity index (χ3n) is 5.29. The van der Waals surface area contributed by atoms with Crippen LogP contribution in [0.15, 0.2) is 64.7 Å². The number of ketones is 1. The van der Waals surface area contributed by atoms with Crippen LogP contribution in [0.1, 0.15) is 41.7 Å². The monoisotopic (exact) mass is 346 g/mol. The lowest BCUT2D eigenvalue weighted by Gasteiger charge is -2.35. The molecule has 5 rings (SSSR count). The second-order valence-corrected chi connectivity index (χ2v) is 6.85. The van der Waals surface area contributed by atoms with Crippen LogP contribution in [0.25, 0.3) is 0 Å². The van der Waals surface area contributed by atoms with Crippen molar-refractivity contribution in [1.82, 2.24) is 14.8 Å². The maximum absolute atomic E-state index is 13.2. The van der Waals surface area contributed by atoms with E-state index in [2.05, 4.69) is 34.5 Å². The number of carbonyl (C=O) groups is 1. The molecule has 3 heterocycles. The van der Waals surface area contributed by atoms with Gasteiger partial charge in [-0.05, 0) is 36.6 Å². The highest BCUT2D eigenvalue weighted by Gasteiger charge is 2.40. The first kappa shape index (κ1) is 15.1. The first-order valence-electron chi connectivity index (χ1n) is 8.74. The van der Waals surface area contributed by atoms with Crippen LogP contribution in [0.2, 0.25) is 0 Å². The van der Waals surface area contributed by atoms with E-state index in [1.807, 2.05) is 28.9 Å². The second kappa shape index (κ2) is 5.69. The number of rotatable bonds is 2. The second-order valence-electron chi connectivity index (χ2n) is 6.85. The number of aromatic nitrogens is 3. The molecule has 1 N–H and O–H groups in total. The van der Waals surface area contributed by atoms with Crippen LogP contribution in [-0.4, -0.2) is 20.5 Å². The van der Waals surface area contributed by atoms with Gasteiger partial charge in [0.1, 0.15) is 18.1 Å². The summed E-state index contributed by atoms with van der Waals surface area (Å²) in [6.07, 6.45) is 4.36. The Morgan fingerprint density at radius 3 is 2.88 bits per heavy atom. The molecule has 2 atom stereocenters. The van der Waals surface area contributed by atoms with Crippen LogP contribution in [0.5, 0.6) is 0 Å². The quantitative estimate of drug-likeness (QED) is 0.767. The van der Waals surface area contributed by atoms with E-state index in [1.165, 1.54) is 6.33 Å². The SMILES string of the molecule is Cc1ccccc1[C@H]1C2=C(C[C@H](c3ccco3)CC2=O)Nc2ncnn21. The topological polar surface area (TPSA) is 73.0 Å². The summed E-state index contributed by atoms with van der Waals surface area (Å²) in [7, 11) is 0. The summed E-state index contributed by atoms with van der Waals surface area (Å²) >= 11 is 0. The normalized spacial score (nSPS) is 22.0. The van der Waals surface area contributed by atoms with Crippen LogP contribution in [0.4, 0.5) is 5.95 Å². The molecule has 130 valence electrons. The fourth-order valence-electron chi connectivity index (χ4n) is 4.06. The number of allylic oxidation sites excluding steroid dienone is 2. The van der Waals surface area contributed by atoms with E-state index in [1.54, 1.807) is 6.26 Å². The van der Waals surface area contributed by atoms with Crippen LogP contribution in [0, 0.1) is 6.92 Å². The summed E-state index contributed by atoms with van der Waals surface area (Å²) in [4.78, 5) is 17.5. The number of hydrogen-bond donors (Lipinski definition) is 1. The van der Waals surface area contributed by atoms with Crippen molar-refractivity contribution in [2.75, 3.05) is 5.32 Å². The molecule has 6 heteroatoms. The maximum atomic E-state index is 13.2. The Morgan fingerprint density at radius 2 is 2.08 bits per heavy atom. The number of anilines is 1. The Balaban J connectivity index is 1.65. The first-order valence-corrected chi connectivity index (χ1v) is 8.74. The molecule has 1 aliphatic carbocycles. The van der Waals surface area contributed by atoms with E-state index in [-0.39, 0.29) is 17.7 Å². The van der Waals surface area contributed by atoms with Gasteiger partial charge in [-0.3, -0.25) is 4.79 Å². The van der Waals surface area contributed by atoms with Gasteiger partial charge in [-0.25, -0.2) is 4.68 Å². The number of aryl methyl sites for hydroxylation is 1. The van der Waals surface area contributed by atoms with Crippen LogP contribution in [0.3, 0.4) is 0 Å². The average molecular weight is 346 g/mol. The number of furan rings is 1. The molecule has 0 fully saturated rings. The molecule has 1 aromatic carbocycles. The lowest BCUT2D eigenvalue weighted by Crippen LogP contribution is -2.33. The molecule has 3 aromatic rings. The lowest BCUT2D eigenvalue weighted by molar-refractivity contribution is -0.117. The number of hydrogen-bond acceptors (Lipinski definition) is 5. The van der Waals surface area contributed by atoms with Crippen LogP contribution in [-0.2, 0) is 4.79 Å². The standard InChI is InChI=1S/C20H18N4O2/c1-12-5-2-3-6-14(12)19-18-15(23-20-21-11-22-24(19)20)9-13(10-16(18)25)17-7-4-8-26-17/h2-8,11,13,19H,9-10H2,1H3,(H,21,22,23)/t13-,19-/m0/s1. The third kappa shape index (κ3) is 2.22.